The summed E-state index contributed by atoms with van der Waals surface area (Å²) in [6, 6.07) is 14.3. The zero-order valence-electron chi connectivity index (χ0n) is 13.7. The molecule has 0 saturated carbocycles. The molecule has 2 N–H and O–H groups in total. The SMILES string of the molecule is Cc1c(Cl)cccc1NC(=S)NCc1ccc(CN(C)C)cc1. The molecule has 0 bridgehead atoms. The van der Waals surface area contributed by atoms with E-state index in [0.717, 1.165) is 22.8 Å². The fourth-order valence-electron chi connectivity index (χ4n) is 2.22. The Morgan fingerprint density at radius 2 is 1.74 bits per heavy atom. The van der Waals surface area contributed by atoms with Gasteiger partial charge in [0, 0.05) is 23.8 Å². The van der Waals surface area contributed by atoms with Gasteiger partial charge in [0.25, 0.3) is 0 Å². The molecule has 2 aromatic carbocycles. The summed E-state index contributed by atoms with van der Waals surface area (Å²) >= 11 is 11.5. The molecule has 0 radical (unpaired) electrons. The predicted molar refractivity (Wildman–Crippen MR) is 103 cm³/mol. The average molecular weight is 348 g/mol. The molecule has 0 aliphatic carbocycles. The van der Waals surface area contributed by atoms with Crippen LogP contribution >= 0.6 is 23.8 Å². The molecule has 2 rings (SSSR count). The molecule has 0 saturated heterocycles. The molecule has 0 spiro atoms. The summed E-state index contributed by atoms with van der Waals surface area (Å²) < 4.78 is 0. The average Bonchev–Trinajstić information content (AvgIpc) is 2.51. The Morgan fingerprint density at radius 1 is 1.09 bits per heavy atom. The topological polar surface area (TPSA) is 27.3 Å². The number of hydrogen-bond acceptors (Lipinski definition) is 2. The number of hydrogen-bond donors (Lipinski definition) is 2. The van der Waals surface area contributed by atoms with Crippen molar-refractivity contribution in [3.8, 4) is 0 Å². The molecule has 0 aliphatic rings. The Labute approximate surface area is 148 Å². The Morgan fingerprint density at radius 3 is 2.39 bits per heavy atom. The van der Waals surface area contributed by atoms with Crippen LogP contribution in [0, 0.1) is 6.92 Å². The number of anilines is 1. The molecule has 0 amide bonds. The van der Waals surface area contributed by atoms with Crippen LogP contribution in [-0.4, -0.2) is 24.1 Å². The smallest absolute Gasteiger partial charge is 0.171 e. The van der Waals surface area contributed by atoms with Crippen molar-refractivity contribution in [2.24, 2.45) is 0 Å². The first kappa shape index (κ1) is 17.7. The van der Waals surface area contributed by atoms with Crippen LogP contribution in [0.15, 0.2) is 42.5 Å². The normalized spacial score (nSPS) is 10.7. The van der Waals surface area contributed by atoms with Gasteiger partial charge in [0.15, 0.2) is 5.11 Å². The van der Waals surface area contributed by atoms with Crippen molar-refractivity contribution >= 4 is 34.6 Å². The molecule has 0 aliphatic heterocycles. The highest BCUT2D eigenvalue weighted by molar-refractivity contribution is 7.80. The van der Waals surface area contributed by atoms with E-state index in [1.807, 2.05) is 25.1 Å². The highest BCUT2D eigenvalue weighted by atomic mass is 35.5. The van der Waals surface area contributed by atoms with Crippen LogP contribution < -0.4 is 10.6 Å². The van der Waals surface area contributed by atoms with E-state index in [4.69, 9.17) is 23.8 Å². The van der Waals surface area contributed by atoms with E-state index in [0.29, 0.717) is 11.7 Å². The lowest BCUT2D eigenvalue weighted by Gasteiger charge is -2.14. The first-order valence-electron chi connectivity index (χ1n) is 7.48. The van der Waals surface area contributed by atoms with Crippen LogP contribution in [0.5, 0.6) is 0 Å². The maximum atomic E-state index is 6.11. The molecule has 0 aromatic heterocycles. The van der Waals surface area contributed by atoms with Crippen LogP contribution in [0.25, 0.3) is 0 Å². The van der Waals surface area contributed by atoms with E-state index in [1.54, 1.807) is 0 Å². The molecule has 23 heavy (non-hydrogen) atoms. The Bertz CT molecular complexity index is 668. The molecule has 2 aromatic rings. The van der Waals surface area contributed by atoms with Gasteiger partial charge in [-0.25, -0.2) is 0 Å². The monoisotopic (exact) mass is 347 g/mol. The third kappa shape index (κ3) is 5.50. The van der Waals surface area contributed by atoms with Crippen molar-refractivity contribution in [1.82, 2.24) is 10.2 Å². The second-order valence-corrected chi connectivity index (χ2v) is 6.59. The highest BCUT2D eigenvalue weighted by Crippen LogP contribution is 2.22. The van der Waals surface area contributed by atoms with E-state index >= 15 is 0 Å². The second-order valence-electron chi connectivity index (χ2n) is 5.77. The van der Waals surface area contributed by atoms with E-state index in [-0.39, 0.29) is 0 Å². The molecule has 0 fully saturated rings. The van der Waals surface area contributed by atoms with Crippen molar-refractivity contribution < 1.29 is 0 Å². The molecule has 0 heterocycles. The Hall–Kier alpha value is -1.62. The van der Waals surface area contributed by atoms with E-state index in [2.05, 4.69) is 53.9 Å². The summed E-state index contributed by atoms with van der Waals surface area (Å²) in [5.41, 5.74) is 4.41. The quantitative estimate of drug-likeness (QED) is 0.793. The van der Waals surface area contributed by atoms with Gasteiger partial charge < -0.3 is 15.5 Å². The summed E-state index contributed by atoms with van der Waals surface area (Å²) in [5.74, 6) is 0. The first-order valence-corrected chi connectivity index (χ1v) is 8.27. The standard InChI is InChI=1S/C18H22ClN3S/c1-13-16(19)5-4-6-17(13)21-18(23)20-11-14-7-9-15(10-8-14)12-22(2)3/h4-10H,11-12H2,1-3H3,(H2,20,21,23). The van der Waals surface area contributed by atoms with Gasteiger partial charge in [0.1, 0.15) is 0 Å². The van der Waals surface area contributed by atoms with Gasteiger partial charge in [0.2, 0.25) is 0 Å². The third-order valence-electron chi connectivity index (χ3n) is 3.49. The van der Waals surface area contributed by atoms with Gasteiger partial charge in [-0.1, -0.05) is 41.9 Å². The zero-order chi connectivity index (χ0) is 16.8. The van der Waals surface area contributed by atoms with Crippen molar-refractivity contribution in [3.05, 3.63) is 64.2 Å². The summed E-state index contributed by atoms with van der Waals surface area (Å²) in [5, 5.41) is 7.73. The van der Waals surface area contributed by atoms with Crippen molar-refractivity contribution in [2.45, 2.75) is 20.0 Å². The molecule has 0 unspecified atom stereocenters. The molecule has 3 nitrogen and oxygen atoms in total. The fourth-order valence-corrected chi connectivity index (χ4v) is 2.58. The molecule has 0 atom stereocenters. The number of nitrogens with zero attached hydrogens (tertiary/aromatic N) is 1. The number of benzene rings is 2. The van der Waals surface area contributed by atoms with Crippen molar-refractivity contribution in [3.63, 3.8) is 0 Å². The summed E-state index contributed by atoms with van der Waals surface area (Å²) in [7, 11) is 4.13. The van der Waals surface area contributed by atoms with Crippen molar-refractivity contribution in [2.75, 3.05) is 19.4 Å². The lowest BCUT2D eigenvalue weighted by Crippen LogP contribution is -2.28. The lowest BCUT2D eigenvalue weighted by atomic mass is 10.1. The maximum absolute atomic E-state index is 6.11. The molecular formula is C18H22ClN3S. The van der Waals surface area contributed by atoms with Crippen LogP contribution in [0.3, 0.4) is 0 Å². The largest absolute Gasteiger partial charge is 0.358 e. The van der Waals surface area contributed by atoms with Gasteiger partial charge >= 0.3 is 0 Å². The van der Waals surface area contributed by atoms with E-state index in [1.165, 1.54) is 11.1 Å². The number of thiocarbonyl (C=S) groups is 1. The fraction of sp³-hybridized carbons (Fsp3) is 0.278. The van der Waals surface area contributed by atoms with Crippen LogP contribution in [0.2, 0.25) is 5.02 Å². The van der Waals surface area contributed by atoms with Crippen LogP contribution in [0.1, 0.15) is 16.7 Å². The van der Waals surface area contributed by atoms with Gasteiger partial charge in [-0.3, -0.25) is 0 Å². The predicted octanol–water partition coefficient (Wildman–Crippen LogP) is 4.20. The lowest BCUT2D eigenvalue weighted by molar-refractivity contribution is 0.402. The Balaban J connectivity index is 1.88. The van der Waals surface area contributed by atoms with Gasteiger partial charge in [-0.2, -0.15) is 0 Å². The zero-order valence-corrected chi connectivity index (χ0v) is 15.3. The van der Waals surface area contributed by atoms with Gasteiger partial charge in [-0.15, -0.1) is 0 Å². The minimum atomic E-state index is 0.590. The van der Waals surface area contributed by atoms with Crippen LogP contribution in [-0.2, 0) is 13.1 Å². The Kier molecular flexibility index (Phi) is 6.39. The second kappa shape index (κ2) is 8.29. The summed E-state index contributed by atoms with van der Waals surface area (Å²) in [6.07, 6.45) is 0. The minimum absolute atomic E-state index is 0.590. The molecule has 5 heteroatoms. The summed E-state index contributed by atoms with van der Waals surface area (Å²) in [4.78, 5) is 2.15. The number of nitrogens with one attached hydrogen (secondary N) is 2. The number of halogens is 1. The van der Waals surface area contributed by atoms with Crippen LogP contribution in [0.4, 0.5) is 5.69 Å². The maximum Gasteiger partial charge on any atom is 0.171 e. The highest BCUT2D eigenvalue weighted by Gasteiger charge is 2.04. The minimum Gasteiger partial charge on any atom is -0.358 e. The summed E-state index contributed by atoms with van der Waals surface area (Å²) in [6.45, 7) is 3.60. The number of rotatable bonds is 5. The van der Waals surface area contributed by atoms with E-state index < -0.39 is 0 Å². The molecular weight excluding hydrogens is 326 g/mol. The first-order chi connectivity index (χ1) is 11.0. The van der Waals surface area contributed by atoms with E-state index in [9.17, 15) is 0 Å². The van der Waals surface area contributed by atoms with Gasteiger partial charge in [0.05, 0.1) is 0 Å². The molecule has 122 valence electrons. The van der Waals surface area contributed by atoms with Crippen molar-refractivity contribution in [1.29, 1.82) is 0 Å². The van der Waals surface area contributed by atoms with Gasteiger partial charge in [-0.05, 0) is 62.1 Å². The third-order valence-corrected chi connectivity index (χ3v) is 4.15.